The molecule has 0 saturated carbocycles. The van der Waals surface area contributed by atoms with E-state index in [0.29, 0.717) is 13.2 Å². The van der Waals surface area contributed by atoms with E-state index in [1.54, 1.807) is 18.4 Å². The molecule has 0 bridgehead atoms. The molecule has 0 saturated heterocycles. The summed E-state index contributed by atoms with van der Waals surface area (Å²) in [6.45, 7) is 5.02. The van der Waals surface area contributed by atoms with Gasteiger partial charge in [-0.15, -0.1) is 11.3 Å². The van der Waals surface area contributed by atoms with Crippen LogP contribution < -0.4 is 10.1 Å². The first-order chi connectivity index (χ1) is 10.2. The molecule has 0 radical (unpaired) electrons. The summed E-state index contributed by atoms with van der Waals surface area (Å²) in [5.41, 5.74) is 2.42. The monoisotopic (exact) mass is 369 g/mol. The van der Waals surface area contributed by atoms with Crippen molar-refractivity contribution >= 4 is 27.3 Å². The molecule has 0 atom stereocenters. The molecule has 0 fully saturated rings. The lowest BCUT2D eigenvalue weighted by Crippen LogP contribution is -2.19. The maximum absolute atomic E-state index is 5.98. The van der Waals surface area contributed by atoms with Crippen LogP contribution in [0.3, 0.4) is 0 Å². The Balaban J connectivity index is 1.99. The Labute approximate surface area is 138 Å². The molecule has 0 aliphatic carbocycles. The highest BCUT2D eigenvalue weighted by Crippen LogP contribution is 2.26. The predicted molar refractivity (Wildman–Crippen MR) is 91.1 cm³/mol. The maximum atomic E-state index is 5.98. The quantitative estimate of drug-likeness (QED) is 0.709. The van der Waals surface area contributed by atoms with Gasteiger partial charge in [0.05, 0.1) is 11.5 Å². The molecule has 5 heteroatoms. The van der Waals surface area contributed by atoms with Crippen molar-refractivity contribution in [2.45, 2.75) is 20.1 Å². The molecule has 1 heterocycles. The molecule has 0 unspecified atom stereocenters. The van der Waals surface area contributed by atoms with Gasteiger partial charge in [0.25, 0.3) is 0 Å². The number of ether oxygens (including phenoxy) is 2. The van der Waals surface area contributed by atoms with E-state index in [2.05, 4.69) is 45.7 Å². The Morgan fingerprint density at radius 3 is 2.86 bits per heavy atom. The summed E-state index contributed by atoms with van der Waals surface area (Å²) < 4.78 is 12.1. The molecular weight excluding hydrogens is 350 g/mol. The van der Waals surface area contributed by atoms with Gasteiger partial charge in [0.1, 0.15) is 12.4 Å². The first kappa shape index (κ1) is 16.5. The summed E-state index contributed by atoms with van der Waals surface area (Å²) >= 11 is 5.23. The van der Waals surface area contributed by atoms with Crippen molar-refractivity contribution in [1.82, 2.24) is 5.32 Å². The van der Waals surface area contributed by atoms with Crippen molar-refractivity contribution in [2.75, 3.05) is 20.3 Å². The van der Waals surface area contributed by atoms with Crippen LogP contribution >= 0.6 is 27.3 Å². The first-order valence-electron chi connectivity index (χ1n) is 6.84. The number of nitrogens with one attached hydrogen (secondary N) is 1. The van der Waals surface area contributed by atoms with Crippen molar-refractivity contribution in [3.05, 3.63) is 50.1 Å². The highest BCUT2D eigenvalue weighted by molar-refractivity contribution is 9.10. The standard InChI is InChI=1S/C16H20BrNO2S/c1-12-3-4-15(13(9-12)10-18-6-7-19-2)20-11-16-14(17)5-8-21-16/h3-5,8-9,18H,6-7,10-11H2,1-2H3. The Kier molecular flexibility index (Phi) is 6.70. The van der Waals surface area contributed by atoms with Crippen molar-refractivity contribution < 1.29 is 9.47 Å². The van der Waals surface area contributed by atoms with Gasteiger partial charge in [-0.2, -0.15) is 0 Å². The minimum absolute atomic E-state index is 0.590. The molecular formula is C16H20BrNO2S. The molecule has 0 aliphatic heterocycles. The number of hydrogen-bond donors (Lipinski definition) is 1. The normalized spacial score (nSPS) is 10.8. The van der Waals surface area contributed by atoms with Crippen LogP contribution in [0.2, 0.25) is 0 Å². The van der Waals surface area contributed by atoms with E-state index in [-0.39, 0.29) is 0 Å². The predicted octanol–water partition coefficient (Wildman–Crippen LogP) is 4.13. The zero-order valence-corrected chi connectivity index (χ0v) is 14.7. The van der Waals surface area contributed by atoms with Crippen molar-refractivity contribution in [2.24, 2.45) is 0 Å². The fourth-order valence-corrected chi connectivity index (χ4v) is 3.33. The molecule has 1 N–H and O–H groups in total. The Morgan fingerprint density at radius 2 is 2.14 bits per heavy atom. The van der Waals surface area contributed by atoms with E-state index in [4.69, 9.17) is 9.47 Å². The second-order valence-corrected chi connectivity index (χ2v) is 6.62. The molecule has 3 nitrogen and oxygen atoms in total. The second-order valence-electron chi connectivity index (χ2n) is 4.76. The van der Waals surface area contributed by atoms with Crippen LogP contribution in [0.4, 0.5) is 0 Å². The van der Waals surface area contributed by atoms with Crippen LogP contribution in [-0.2, 0) is 17.9 Å². The number of rotatable bonds is 8. The fourth-order valence-electron chi connectivity index (χ4n) is 1.96. The summed E-state index contributed by atoms with van der Waals surface area (Å²) in [7, 11) is 1.71. The summed E-state index contributed by atoms with van der Waals surface area (Å²) in [5.74, 6) is 0.936. The first-order valence-corrected chi connectivity index (χ1v) is 8.52. The summed E-state index contributed by atoms with van der Waals surface area (Å²) in [4.78, 5) is 1.20. The van der Waals surface area contributed by atoms with Gasteiger partial charge in [0, 0.05) is 30.2 Å². The van der Waals surface area contributed by atoms with Gasteiger partial charge >= 0.3 is 0 Å². The number of benzene rings is 1. The largest absolute Gasteiger partial charge is 0.488 e. The lowest BCUT2D eigenvalue weighted by atomic mass is 10.1. The van der Waals surface area contributed by atoms with E-state index >= 15 is 0 Å². The van der Waals surface area contributed by atoms with Crippen LogP contribution in [0, 0.1) is 6.92 Å². The van der Waals surface area contributed by atoms with E-state index < -0.39 is 0 Å². The van der Waals surface area contributed by atoms with Gasteiger partial charge in [-0.3, -0.25) is 0 Å². The third-order valence-electron chi connectivity index (χ3n) is 3.06. The van der Waals surface area contributed by atoms with Crippen LogP contribution in [0.5, 0.6) is 5.75 Å². The van der Waals surface area contributed by atoms with Crippen molar-refractivity contribution in [1.29, 1.82) is 0 Å². The number of hydrogen-bond acceptors (Lipinski definition) is 4. The summed E-state index contributed by atoms with van der Waals surface area (Å²) in [6, 6.07) is 8.34. The third-order valence-corrected chi connectivity index (χ3v) is 4.96. The van der Waals surface area contributed by atoms with Gasteiger partial charge < -0.3 is 14.8 Å². The number of methoxy groups -OCH3 is 1. The molecule has 2 aromatic rings. The lowest BCUT2D eigenvalue weighted by Gasteiger charge is -2.13. The Morgan fingerprint density at radius 1 is 1.29 bits per heavy atom. The van der Waals surface area contributed by atoms with Gasteiger partial charge in [-0.25, -0.2) is 0 Å². The molecule has 0 aliphatic rings. The third kappa shape index (κ3) is 5.11. The number of thiophene rings is 1. The molecule has 21 heavy (non-hydrogen) atoms. The molecule has 2 rings (SSSR count). The van der Waals surface area contributed by atoms with Gasteiger partial charge in [-0.1, -0.05) is 17.7 Å². The van der Waals surface area contributed by atoms with Gasteiger partial charge in [-0.05, 0) is 40.4 Å². The van der Waals surface area contributed by atoms with E-state index in [1.165, 1.54) is 16.0 Å². The molecule has 0 spiro atoms. The maximum Gasteiger partial charge on any atom is 0.124 e. The summed E-state index contributed by atoms with van der Waals surface area (Å²) in [5, 5.41) is 5.42. The molecule has 1 aromatic heterocycles. The van der Waals surface area contributed by atoms with Crippen LogP contribution in [-0.4, -0.2) is 20.3 Å². The lowest BCUT2D eigenvalue weighted by molar-refractivity contribution is 0.199. The van der Waals surface area contributed by atoms with E-state index in [1.807, 2.05) is 12.1 Å². The topological polar surface area (TPSA) is 30.5 Å². The Hall–Kier alpha value is -0.880. The van der Waals surface area contributed by atoms with Crippen LogP contribution in [0.1, 0.15) is 16.0 Å². The fraction of sp³-hybridized carbons (Fsp3) is 0.375. The Bertz CT molecular complexity index is 571. The number of halogens is 1. The zero-order valence-electron chi connectivity index (χ0n) is 12.3. The van der Waals surface area contributed by atoms with Gasteiger partial charge in [0.2, 0.25) is 0 Å². The SMILES string of the molecule is COCCNCc1cc(C)ccc1OCc1sccc1Br. The van der Waals surface area contributed by atoms with E-state index in [0.717, 1.165) is 23.3 Å². The smallest absolute Gasteiger partial charge is 0.124 e. The van der Waals surface area contributed by atoms with Gasteiger partial charge in [0.15, 0.2) is 0 Å². The second kappa shape index (κ2) is 8.54. The highest BCUT2D eigenvalue weighted by atomic mass is 79.9. The number of aryl methyl sites for hydroxylation is 1. The average molecular weight is 370 g/mol. The van der Waals surface area contributed by atoms with Crippen LogP contribution in [0.15, 0.2) is 34.1 Å². The summed E-state index contributed by atoms with van der Waals surface area (Å²) in [6.07, 6.45) is 0. The average Bonchev–Trinajstić information content (AvgIpc) is 2.88. The van der Waals surface area contributed by atoms with Crippen molar-refractivity contribution in [3.63, 3.8) is 0 Å². The minimum Gasteiger partial charge on any atom is -0.488 e. The molecule has 1 aromatic carbocycles. The van der Waals surface area contributed by atoms with E-state index in [9.17, 15) is 0 Å². The molecule has 0 amide bonds. The zero-order chi connectivity index (χ0) is 15.1. The minimum atomic E-state index is 0.590. The van der Waals surface area contributed by atoms with Crippen LogP contribution in [0.25, 0.3) is 0 Å². The molecule has 114 valence electrons. The van der Waals surface area contributed by atoms with Crippen molar-refractivity contribution in [3.8, 4) is 5.75 Å². The highest BCUT2D eigenvalue weighted by Gasteiger charge is 2.07.